The Bertz CT molecular complexity index is 429. The number of rotatable bonds is 5. The third-order valence-electron chi connectivity index (χ3n) is 2.77. The molecule has 0 aliphatic carbocycles. The Hall–Kier alpha value is -1.55. The number of fused-ring (bicyclic) bond motifs is 1. The zero-order valence-corrected chi connectivity index (χ0v) is 10.9. The van der Waals surface area contributed by atoms with Crippen molar-refractivity contribution in [2.75, 3.05) is 19.8 Å². The van der Waals surface area contributed by atoms with Crippen molar-refractivity contribution in [3.8, 4) is 11.5 Å². The minimum atomic E-state index is 0.125. The summed E-state index contributed by atoms with van der Waals surface area (Å²) in [6.45, 7) is 5.94. The largest absolute Gasteiger partial charge is 0.486 e. The summed E-state index contributed by atoms with van der Waals surface area (Å²) >= 11 is 0. The molecule has 0 aromatic heterocycles. The van der Waals surface area contributed by atoms with E-state index in [1.165, 1.54) is 0 Å². The lowest BCUT2D eigenvalue weighted by Gasteiger charge is -2.18. The van der Waals surface area contributed by atoms with Crippen LogP contribution in [0.3, 0.4) is 0 Å². The van der Waals surface area contributed by atoms with Gasteiger partial charge in [0.05, 0.1) is 0 Å². The normalized spacial score (nSPS) is 13.7. The quantitative estimate of drug-likeness (QED) is 0.811. The average Bonchev–Trinajstić information content (AvgIpc) is 2.37. The minimum absolute atomic E-state index is 0.125. The lowest BCUT2D eigenvalue weighted by atomic mass is 10.1. The second kappa shape index (κ2) is 5.87. The predicted octanol–water partition coefficient (Wildman–Crippen LogP) is 2.03. The van der Waals surface area contributed by atoms with E-state index in [-0.39, 0.29) is 5.78 Å². The predicted molar refractivity (Wildman–Crippen MR) is 69.5 cm³/mol. The molecule has 0 radical (unpaired) electrons. The maximum Gasteiger partial charge on any atom is 0.164 e. The topological polar surface area (TPSA) is 47.6 Å². The second-order valence-electron chi connectivity index (χ2n) is 4.64. The summed E-state index contributed by atoms with van der Waals surface area (Å²) in [6, 6.07) is 5.77. The zero-order chi connectivity index (χ0) is 13.0. The number of Topliss-reactive ketones (excluding diaryl/α,β-unsaturated/α-hetero) is 1. The van der Waals surface area contributed by atoms with Gasteiger partial charge in [0.15, 0.2) is 17.3 Å². The smallest absolute Gasteiger partial charge is 0.164 e. The SMILES string of the molecule is CC(C)NCCC(=O)c1ccc2c(c1)OCCO2. The number of ketones is 1. The summed E-state index contributed by atoms with van der Waals surface area (Å²) in [4.78, 5) is 12.0. The van der Waals surface area contributed by atoms with Crippen LogP contribution in [0.4, 0.5) is 0 Å². The molecule has 1 aliphatic heterocycles. The van der Waals surface area contributed by atoms with Crippen molar-refractivity contribution in [2.24, 2.45) is 0 Å². The van der Waals surface area contributed by atoms with Gasteiger partial charge in [0.25, 0.3) is 0 Å². The molecule has 0 unspecified atom stereocenters. The maximum atomic E-state index is 12.0. The van der Waals surface area contributed by atoms with Crippen LogP contribution in [0, 0.1) is 0 Å². The van der Waals surface area contributed by atoms with Gasteiger partial charge in [-0.2, -0.15) is 0 Å². The van der Waals surface area contributed by atoms with Crippen LogP contribution in [0.5, 0.6) is 11.5 Å². The fourth-order valence-electron chi connectivity index (χ4n) is 1.84. The molecular weight excluding hydrogens is 230 g/mol. The molecule has 0 spiro atoms. The van der Waals surface area contributed by atoms with Crippen LogP contribution in [0.2, 0.25) is 0 Å². The zero-order valence-electron chi connectivity index (χ0n) is 10.9. The molecule has 18 heavy (non-hydrogen) atoms. The monoisotopic (exact) mass is 249 g/mol. The molecule has 1 heterocycles. The molecule has 0 amide bonds. The average molecular weight is 249 g/mol. The fraction of sp³-hybridized carbons (Fsp3) is 0.500. The summed E-state index contributed by atoms with van der Waals surface area (Å²) in [6.07, 6.45) is 0.498. The second-order valence-corrected chi connectivity index (χ2v) is 4.64. The number of hydrogen-bond acceptors (Lipinski definition) is 4. The Balaban J connectivity index is 1.98. The number of hydrogen-bond donors (Lipinski definition) is 1. The lowest BCUT2D eigenvalue weighted by Crippen LogP contribution is -2.25. The third-order valence-corrected chi connectivity index (χ3v) is 2.77. The fourth-order valence-corrected chi connectivity index (χ4v) is 1.84. The van der Waals surface area contributed by atoms with Gasteiger partial charge in [-0.1, -0.05) is 13.8 Å². The van der Waals surface area contributed by atoms with E-state index in [1.54, 1.807) is 18.2 Å². The lowest BCUT2D eigenvalue weighted by molar-refractivity contribution is 0.0981. The number of benzene rings is 1. The molecule has 2 rings (SSSR count). The van der Waals surface area contributed by atoms with Crippen molar-refractivity contribution in [3.05, 3.63) is 23.8 Å². The number of carbonyl (C=O) groups is 1. The minimum Gasteiger partial charge on any atom is -0.486 e. The standard InChI is InChI=1S/C14H19NO3/c1-10(2)15-6-5-12(16)11-3-4-13-14(9-11)18-8-7-17-13/h3-4,9-10,15H,5-8H2,1-2H3. The first-order valence-corrected chi connectivity index (χ1v) is 6.33. The molecule has 98 valence electrons. The molecule has 1 aliphatic rings. The number of nitrogens with one attached hydrogen (secondary N) is 1. The van der Waals surface area contributed by atoms with Crippen LogP contribution in [0.25, 0.3) is 0 Å². The Kier molecular flexibility index (Phi) is 4.20. The first-order valence-electron chi connectivity index (χ1n) is 6.33. The highest BCUT2D eigenvalue weighted by atomic mass is 16.6. The highest BCUT2D eigenvalue weighted by molar-refractivity contribution is 5.96. The van der Waals surface area contributed by atoms with Gasteiger partial charge < -0.3 is 14.8 Å². The van der Waals surface area contributed by atoms with Gasteiger partial charge in [0, 0.05) is 24.6 Å². The van der Waals surface area contributed by atoms with Crippen molar-refractivity contribution in [2.45, 2.75) is 26.3 Å². The maximum absolute atomic E-state index is 12.0. The van der Waals surface area contributed by atoms with Crippen LogP contribution in [0.1, 0.15) is 30.6 Å². The Labute approximate surface area is 107 Å². The molecule has 0 bridgehead atoms. The molecule has 0 fully saturated rings. The van der Waals surface area contributed by atoms with E-state index >= 15 is 0 Å². The van der Waals surface area contributed by atoms with Crippen LogP contribution < -0.4 is 14.8 Å². The summed E-state index contributed by atoms with van der Waals surface area (Å²) in [7, 11) is 0. The molecule has 1 aromatic rings. The highest BCUT2D eigenvalue weighted by Gasteiger charge is 2.14. The van der Waals surface area contributed by atoms with Crippen LogP contribution >= 0.6 is 0 Å². The van der Waals surface area contributed by atoms with Crippen LogP contribution in [0.15, 0.2) is 18.2 Å². The van der Waals surface area contributed by atoms with Gasteiger partial charge in [-0.3, -0.25) is 4.79 Å². The van der Waals surface area contributed by atoms with E-state index in [2.05, 4.69) is 19.2 Å². The van der Waals surface area contributed by atoms with Crippen molar-refractivity contribution in [1.29, 1.82) is 0 Å². The molecular formula is C14H19NO3. The molecule has 0 saturated heterocycles. The molecule has 1 N–H and O–H groups in total. The summed E-state index contributed by atoms with van der Waals surface area (Å²) in [5.74, 6) is 1.52. The number of ether oxygens (including phenoxy) is 2. The van der Waals surface area contributed by atoms with Gasteiger partial charge in [0.1, 0.15) is 13.2 Å². The van der Waals surface area contributed by atoms with Crippen LogP contribution in [-0.4, -0.2) is 31.6 Å². The summed E-state index contributed by atoms with van der Waals surface area (Å²) < 4.78 is 10.9. The van der Waals surface area contributed by atoms with Gasteiger partial charge in [0.2, 0.25) is 0 Å². The van der Waals surface area contributed by atoms with Gasteiger partial charge >= 0.3 is 0 Å². The van der Waals surface area contributed by atoms with Crippen molar-refractivity contribution in [3.63, 3.8) is 0 Å². The van der Waals surface area contributed by atoms with E-state index in [9.17, 15) is 4.79 Å². The summed E-state index contributed by atoms with van der Waals surface area (Å²) in [5.41, 5.74) is 0.685. The van der Waals surface area contributed by atoms with E-state index in [0.717, 1.165) is 5.75 Å². The van der Waals surface area contributed by atoms with Crippen molar-refractivity contribution in [1.82, 2.24) is 5.32 Å². The van der Waals surface area contributed by atoms with Gasteiger partial charge in [-0.05, 0) is 18.2 Å². The van der Waals surface area contributed by atoms with Gasteiger partial charge in [-0.25, -0.2) is 0 Å². The molecule has 0 saturated carbocycles. The highest BCUT2D eigenvalue weighted by Crippen LogP contribution is 2.30. The van der Waals surface area contributed by atoms with Crippen LogP contribution in [-0.2, 0) is 0 Å². The Morgan fingerprint density at radius 1 is 1.28 bits per heavy atom. The molecule has 4 heteroatoms. The number of carbonyl (C=O) groups excluding carboxylic acids is 1. The van der Waals surface area contributed by atoms with Crippen molar-refractivity contribution >= 4 is 5.78 Å². The Morgan fingerprint density at radius 2 is 2.00 bits per heavy atom. The van der Waals surface area contributed by atoms with E-state index < -0.39 is 0 Å². The molecule has 4 nitrogen and oxygen atoms in total. The van der Waals surface area contributed by atoms with E-state index in [0.29, 0.717) is 43.5 Å². The Morgan fingerprint density at radius 3 is 2.72 bits per heavy atom. The first kappa shape index (κ1) is 12.9. The summed E-state index contributed by atoms with van der Waals surface area (Å²) in [5, 5.41) is 3.23. The van der Waals surface area contributed by atoms with Crippen molar-refractivity contribution < 1.29 is 14.3 Å². The third kappa shape index (κ3) is 3.23. The molecule has 1 aromatic carbocycles. The van der Waals surface area contributed by atoms with E-state index in [1.807, 2.05) is 0 Å². The first-order chi connectivity index (χ1) is 8.66. The molecule has 0 atom stereocenters. The van der Waals surface area contributed by atoms with E-state index in [4.69, 9.17) is 9.47 Å². The van der Waals surface area contributed by atoms with Gasteiger partial charge in [-0.15, -0.1) is 0 Å².